The molecule has 1 fully saturated rings. The lowest BCUT2D eigenvalue weighted by Crippen LogP contribution is -2.39. The van der Waals surface area contributed by atoms with E-state index in [1.54, 1.807) is 0 Å². The van der Waals surface area contributed by atoms with Crippen LogP contribution >= 0.6 is 11.6 Å². The van der Waals surface area contributed by atoms with Gasteiger partial charge in [-0.15, -0.1) is 11.6 Å². The standard InChI is InChI=1S/C17H24ClN3/c1-12-7-8-15-16(10-12)21(17(19-15)13(2)18)11-14-6-4-5-9-20(14)3/h7-8,10,13-14H,4-6,9,11H2,1-3H3. The predicted molar refractivity (Wildman–Crippen MR) is 89.0 cm³/mol. The van der Waals surface area contributed by atoms with E-state index < -0.39 is 0 Å². The number of piperidine rings is 1. The molecule has 2 unspecified atom stereocenters. The maximum atomic E-state index is 6.38. The van der Waals surface area contributed by atoms with E-state index >= 15 is 0 Å². The van der Waals surface area contributed by atoms with Gasteiger partial charge in [-0.1, -0.05) is 12.5 Å². The number of alkyl halides is 1. The van der Waals surface area contributed by atoms with Crippen molar-refractivity contribution in [1.29, 1.82) is 0 Å². The summed E-state index contributed by atoms with van der Waals surface area (Å²) in [5, 5.41) is -0.0633. The molecule has 1 aliphatic rings. The Morgan fingerprint density at radius 2 is 2.19 bits per heavy atom. The fourth-order valence-electron chi connectivity index (χ4n) is 3.33. The molecule has 0 spiro atoms. The van der Waals surface area contributed by atoms with Crippen LogP contribution in [-0.2, 0) is 6.54 Å². The largest absolute Gasteiger partial charge is 0.325 e. The van der Waals surface area contributed by atoms with Gasteiger partial charge in [0.2, 0.25) is 0 Å². The van der Waals surface area contributed by atoms with Crippen molar-refractivity contribution in [2.24, 2.45) is 0 Å². The van der Waals surface area contributed by atoms with E-state index in [0.717, 1.165) is 17.9 Å². The number of rotatable bonds is 3. The zero-order valence-corrected chi connectivity index (χ0v) is 13.9. The molecular formula is C17H24ClN3. The first-order valence-corrected chi connectivity index (χ1v) is 8.31. The molecule has 3 rings (SSSR count). The van der Waals surface area contributed by atoms with Gasteiger partial charge in [0.25, 0.3) is 0 Å². The summed E-state index contributed by atoms with van der Waals surface area (Å²) in [6.07, 6.45) is 3.90. The van der Waals surface area contributed by atoms with Crippen LogP contribution in [0.4, 0.5) is 0 Å². The Balaban J connectivity index is 2.02. The quantitative estimate of drug-likeness (QED) is 0.795. The molecular weight excluding hydrogens is 282 g/mol. The summed E-state index contributed by atoms with van der Waals surface area (Å²) >= 11 is 6.38. The minimum absolute atomic E-state index is 0.0633. The van der Waals surface area contributed by atoms with E-state index in [9.17, 15) is 0 Å². The van der Waals surface area contributed by atoms with E-state index in [1.165, 1.54) is 36.9 Å². The monoisotopic (exact) mass is 305 g/mol. The molecule has 0 aliphatic carbocycles. The van der Waals surface area contributed by atoms with Gasteiger partial charge < -0.3 is 9.47 Å². The molecule has 1 saturated heterocycles. The van der Waals surface area contributed by atoms with Gasteiger partial charge in [0.05, 0.1) is 16.4 Å². The molecule has 0 saturated carbocycles. The van der Waals surface area contributed by atoms with Crippen molar-refractivity contribution in [3.63, 3.8) is 0 Å². The highest BCUT2D eigenvalue weighted by Crippen LogP contribution is 2.27. The maximum absolute atomic E-state index is 6.38. The predicted octanol–water partition coefficient (Wildman–Crippen LogP) is 4.13. The van der Waals surface area contributed by atoms with E-state index in [1.807, 2.05) is 6.92 Å². The summed E-state index contributed by atoms with van der Waals surface area (Å²) in [7, 11) is 2.23. The molecule has 1 aromatic heterocycles. The topological polar surface area (TPSA) is 21.1 Å². The molecule has 1 aliphatic heterocycles. The number of aryl methyl sites for hydroxylation is 1. The van der Waals surface area contributed by atoms with E-state index in [2.05, 4.69) is 41.6 Å². The van der Waals surface area contributed by atoms with Gasteiger partial charge in [-0.05, 0) is 58.0 Å². The van der Waals surface area contributed by atoms with Gasteiger partial charge in [0, 0.05) is 12.6 Å². The average Bonchev–Trinajstić information content (AvgIpc) is 2.80. The van der Waals surface area contributed by atoms with Gasteiger partial charge in [-0.3, -0.25) is 0 Å². The zero-order valence-electron chi connectivity index (χ0n) is 13.1. The highest BCUT2D eigenvalue weighted by atomic mass is 35.5. The second-order valence-electron chi connectivity index (χ2n) is 6.32. The lowest BCUT2D eigenvalue weighted by molar-refractivity contribution is 0.167. The number of likely N-dealkylation sites (tertiary alicyclic amines) is 1. The van der Waals surface area contributed by atoms with E-state index in [-0.39, 0.29) is 5.38 Å². The van der Waals surface area contributed by atoms with Crippen LogP contribution in [0.5, 0.6) is 0 Å². The van der Waals surface area contributed by atoms with Crippen LogP contribution in [0.15, 0.2) is 18.2 Å². The molecule has 0 bridgehead atoms. The Bertz CT molecular complexity index is 632. The van der Waals surface area contributed by atoms with Crippen LogP contribution in [0.2, 0.25) is 0 Å². The molecule has 21 heavy (non-hydrogen) atoms. The molecule has 4 heteroatoms. The first-order valence-electron chi connectivity index (χ1n) is 7.87. The molecule has 1 aromatic carbocycles. The smallest absolute Gasteiger partial charge is 0.127 e. The van der Waals surface area contributed by atoms with Crippen LogP contribution in [0, 0.1) is 6.92 Å². The molecule has 0 N–H and O–H groups in total. The minimum Gasteiger partial charge on any atom is -0.325 e. The van der Waals surface area contributed by atoms with Crippen molar-refractivity contribution in [2.75, 3.05) is 13.6 Å². The van der Waals surface area contributed by atoms with Crippen molar-refractivity contribution in [2.45, 2.75) is 51.1 Å². The lowest BCUT2D eigenvalue weighted by Gasteiger charge is -2.33. The summed E-state index contributed by atoms with van der Waals surface area (Å²) in [6, 6.07) is 7.04. The number of hydrogen-bond donors (Lipinski definition) is 0. The number of aromatic nitrogens is 2. The third kappa shape index (κ3) is 2.95. The first-order chi connectivity index (χ1) is 10.1. The van der Waals surface area contributed by atoms with Crippen LogP contribution < -0.4 is 0 Å². The van der Waals surface area contributed by atoms with Gasteiger partial charge in [0.1, 0.15) is 5.82 Å². The van der Waals surface area contributed by atoms with Crippen molar-refractivity contribution in [3.05, 3.63) is 29.6 Å². The summed E-state index contributed by atoms with van der Waals surface area (Å²) < 4.78 is 2.34. The van der Waals surface area contributed by atoms with Crippen LogP contribution in [0.25, 0.3) is 11.0 Å². The van der Waals surface area contributed by atoms with Crippen molar-refractivity contribution < 1.29 is 0 Å². The number of halogens is 1. The third-order valence-corrected chi connectivity index (χ3v) is 4.80. The summed E-state index contributed by atoms with van der Waals surface area (Å²) in [5.41, 5.74) is 3.55. The molecule has 2 aromatic rings. The Hall–Kier alpha value is -1.06. The Labute approximate surface area is 131 Å². The lowest BCUT2D eigenvalue weighted by atomic mass is 10.0. The number of likely N-dealkylation sites (N-methyl/N-ethyl adjacent to an activating group) is 1. The highest BCUT2D eigenvalue weighted by molar-refractivity contribution is 6.20. The minimum atomic E-state index is -0.0633. The van der Waals surface area contributed by atoms with Gasteiger partial charge in [-0.2, -0.15) is 0 Å². The van der Waals surface area contributed by atoms with Crippen LogP contribution in [0.1, 0.15) is 43.0 Å². The molecule has 114 valence electrons. The Morgan fingerprint density at radius 1 is 1.38 bits per heavy atom. The Morgan fingerprint density at radius 3 is 2.90 bits per heavy atom. The Kier molecular flexibility index (Phi) is 4.23. The highest BCUT2D eigenvalue weighted by Gasteiger charge is 2.23. The summed E-state index contributed by atoms with van der Waals surface area (Å²) in [4.78, 5) is 7.24. The zero-order chi connectivity index (χ0) is 15.0. The van der Waals surface area contributed by atoms with Crippen molar-refractivity contribution >= 4 is 22.6 Å². The summed E-state index contributed by atoms with van der Waals surface area (Å²) in [6.45, 7) is 6.33. The van der Waals surface area contributed by atoms with Crippen molar-refractivity contribution in [1.82, 2.24) is 14.5 Å². The van der Waals surface area contributed by atoms with Gasteiger partial charge >= 0.3 is 0 Å². The second-order valence-corrected chi connectivity index (χ2v) is 6.97. The summed E-state index contributed by atoms with van der Waals surface area (Å²) in [5.74, 6) is 0.997. The SMILES string of the molecule is Cc1ccc2nc(C(C)Cl)n(CC3CCCCN3C)c2c1. The first kappa shape index (κ1) is 14.9. The number of nitrogens with zero attached hydrogens (tertiary/aromatic N) is 3. The molecule has 3 nitrogen and oxygen atoms in total. The molecule has 2 atom stereocenters. The fourth-order valence-corrected chi connectivity index (χ4v) is 3.50. The fraction of sp³-hybridized carbons (Fsp3) is 0.588. The van der Waals surface area contributed by atoms with Gasteiger partial charge in [-0.25, -0.2) is 4.98 Å². The number of fused-ring (bicyclic) bond motifs is 1. The van der Waals surface area contributed by atoms with Gasteiger partial charge in [0.15, 0.2) is 0 Å². The van der Waals surface area contributed by atoms with Crippen molar-refractivity contribution in [3.8, 4) is 0 Å². The molecule has 0 radical (unpaired) electrons. The molecule has 0 amide bonds. The van der Waals surface area contributed by atoms with Crippen LogP contribution in [0.3, 0.4) is 0 Å². The number of benzene rings is 1. The third-order valence-electron chi connectivity index (χ3n) is 4.60. The normalized spacial score (nSPS) is 21.8. The van der Waals surface area contributed by atoms with Crippen LogP contribution in [-0.4, -0.2) is 34.1 Å². The average molecular weight is 306 g/mol. The number of imidazole rings is 1. The van der Waals surface area contributed by atoms with E-state index in [0.29, 0.717) is 6.04 Å². The maximum Gasteiger partial charge on any atom is 0.127 e. The second kappa shape index (κ2) is 5.98. The molecule has 2 heterocycles. The van der Waals surface area contributed by atoms with E-state index in [4.69, 9.17) is 16.6 Å². The number of hydrogen-bond acceptors (Lipinski definition) is 2.